The fourth-order valence-corrected chi connectivity index (χ4v) is 1.78. The number of rotatable bonds is 2. The summed E-state index contributed by atoms with van der Waals surface area (Å²) in [5, 5.41) is 1.04. The number of terminal acetylenes is 2. The van der Waals surface area contributed by atoms with E-state index in [9.17, 15) is 0 Å². The molecular weight excluding hydrogens is 198 g/mol. The van der Waals surface area contributed by atoms with Crippen molar-refractivity contribution in [2.75, 3.05) is 7.11 Å². The van der Waals surface area contributed by atoms with E-state index in [2.05, 4.69) is 11.8 Å². The Morgan fingerprint density at radius 1 is 1.38 bits per heavy atom. The van der Waals surface area contributed by atoms with Crippen LogP contribution >= 0.6 is 0 Å². The summed E-state index contributed by atoms with van der Waals surface area (Å²) in [6, 6.07) is 5.77. The van der Waals surface area contributed by atoms with Crippen LogP contribution in [0.5, 0.6) is 5.75 Å². The average Bonchev–Trinajstić information content (AvgIpc) is 2.72. The second-order valence-corrected chi connectivity index (χ2v) is 3.40. The summed E-state index contributed by atoms with van der Waals surface area (Å²) < 4.78 is 7.15. The van der Waals surface area contributed by atoms with Crippen molar-refractivity contribution < 1.29 is 4.74 Å². The summed E-state index contributed by atoms with van der Waals surface area (Å²) in [5.74, 6) is 6.03. The predicted molar refractivity (Wildman–Crippen MR) is 65.3 cm³/mol. The molecule has 0 radical (unpaired) electrons. The van der Waals surface area contributed by atoms with E-state index in [4.69, 9.17) is 17.6 Å². The average molecular weight is 209 g/mol. The van der Waals surface area contributed by atoms with Crippen LogP contribution in [0.1, 0.15) is 5.56 Å². The predicted octanol–water partition coefficient (Wildman–Crippen LogP) is 2.26. The zero-order valence-corrected chi connectivity index (χ0v) is 9.03. The standard InChI is InChI=1S/C14H11NO/c1-4-7-15-8-6-12-10-13(16-3)9-11(5-2)14(12)15/h1-2,6,8-10H,7H2,3H3. The highest BCUT2D eigenvalue weighted by atomic mass is 16.5. The highest BCUT2D eigenvalue weighted by Gasteiger charge is 2.07. The number of benzene rings is 1. The summed E-state index contributed by atoms with van der Waals surface area (Å²) in [6.07, 6.45) is 12.7. The van der Waals surface area contributed by atoms with E-state index >= 15 is 0 Å². The molecule has 2 rings (SSSR count). The van der Waals surface area contributed by atoms with E-state index in [-0.39, 0.29) is 0 Å². The highest BCUT2D eigenvalue weighted by Crippen LogP contribution is 2.25. The zero-order chi connectivity index (χ0) is 11.5. The third-order valence-electron chi connectivity index (χ3n) is 2.49. The van der Waals surface area contributed by atoms with Gasteiger partial charge in [0.15, 0.2) is 0 Å². The van der Waals surface area contributed by atoms with Crippen LogP contribution in [0.15, 0.2) is 24.4 Å². The van der Waals surface area contributed by atoms with E-state index < -0.39 is 0 Å². The maximum atomic E-state index is 5.49. The van der Waals surface area contributed by atoms with Crippen molar-refractivity contribution in [2.24, 2.45) is 0 Å². The minimum atomic E-state index is 0.518. The van der Waals surface area contributed by atoms with Crippen molar-refractivity contribution >= 4 is 10.9 Å². The van der Waals surface area contributed by atoms with Gasteiger partial charge >= 0.3 is 0 Å². The van der Waals surface area contributed by atoms with Crippen LogP contribution in [0, 0.1) is 24.7 Å². The molecule has 0 aliphatic carbocycles. The van der Waals surface area contributed by atoms with E-state index in [0.717, 1.165) is 22.2 Å². The Labute approximate surface area is 94.8 Å². The molecule has 78 valence electrons. The van der Waals surface area contributed by atoms with Crippen LogP contribution in [-0.2, 0) is 6.54 Å². The molecule has 2 aromatic rings. The van der Waals surface area contributed by atoms with Crippen LogP contribution in [0.4, 0.5) is 0 Å². The first-order chi connectivity index (χ1) is 7.80. The molecule has 0 fully saturated rings. The lowest BCUT2D eigenvalue weighted by Crippen LogP contribution is -1.95. The zero-order valence-electron chi connectivity index (χ0n) is 9.03. The van der Waals surface area contributed by atoms with E-state index in [0.29, 0.717) is 6.54 Å². The minimum absolute atomic E-state index is 0.518. The molecule has 0 aliphatic rings. The van der Waals surface area contributed by atoms with Gasteiger partial charge in [-0.25, -0.2) is 0 Å². The summed E-state index contributed by atoms with van der Waals surface area (Å²) in [5.41, 5.74) is 1.79. The van der Waals surface area contributed by atoms with Gasteiger partial charge in [0.05, 0.1) is 24.7 Å². The SMILES string of the molecule is C#CCn1ccc2cc(OC)cc(C#C)c21. The van der Waals surface area contributed by atoms with Crippen LogP contribution < -0.4 is 4.74 Å². The third kappa shape index (κ3) is 1.51. The van der Waals surface area contributed by atoms with Crippen molar-refractivity contribution in [1.29, 1.82) is 0 Å². The van der Waals surface area contributed by atoms with Gasteiger partial charge in [-0.3, -0.25) is 0 Å². The van der Waals surface area contributed by atoms with Gasteiger partial charge in [0, 0.05) is 11.6 Å². The number of methoxy groups -OCH3 is 1. The van der Waals surface area contributed by atoms with Crippen molar-refractivity contribution in [3.63, 3.8) is 0 Å². The van der Waals surface area contributed by atoms with Crippen molar-refractivity contribution in [3.05, 3.63) is 30.0 Å². The first-order valence-electron chi connectivity index (χ1n) is 4.87. The molecule has 1 heterocycles. The maximum Gasteiger partial charge on any atom is 0.120 e. The fourth-order valence-electron chi connectivity index (χ4n) is 1.78. The molecule has 1 aromatic heterocycles. The maximum absolute atomic E-state index is 5.49. The van der Waals surface area contributed by atoms with Gasteiger partial charge in [-0.15, -0.1) is 12.8 Å². The molecule has 1 aromatic carbocycles. The number of ether oxygens (including phenoxy) is 1. The molecule has 0 N–H and O–H groups in total. The highest BCUT2D eigenvalue weighted by molar-refractivity contribution is 5.87. The summed E-state index contributed by atoms with van der Waals surface area (Å²) >= 11 is 0. The van der Waals surface area contributed by atoms with Crippen LogP contribution in [-0.4, -0.2) is 11.7 Å². The molecule has 2 heteroatoms. The molecule has 0 saturated carbocycles. The normalized spacial score (nSPS) is 9.69. The summed E-state index contributed by atoms with van der Waals surface area (Å²) in [4.78, 5) is 0. The lowest BCUT2D eigenvalue weighted by molar-refractivity contribution is 0.415. The smallest absolute Gasteiger partial charge is 0.120 e. The van der Waals surface area contributed by atoms with Gasteiger partial charge in [-0.05, 0) is 18.2 Å². The first-order valence-corrected chi connectivity index (χ1v) is 4.87. The van der Waals surface area contributed by atoms with Gasteiger partial charge in [0.2, 0.25) is 0 Å². The Balaban J connectivity index is 2.74. The van der Waals surface area contributed by atoms with Gasteiger partial charge in [0.1, 0.15) is 5.75 Å². The Hall–Kier alpha value is -2.32. The molecule has 2 nitrogen and oxygen atoms in total. The lowest BCUT2D eigenvalue weighted by Gasteiger charge is -2.05. The molecule has 0 aliphatic heterocycles. The van der Waals surface area contributed by atoms with Gasteiger partial charge in [-0.1, -0.05) is 11.8 Å². The summed E-state index contributed by atoms with van der Waals surface area (Å²) in [7, 11) is 1.62. The van der Waals surface area contributed by atoms with Crippen LogP contribution in [0.25, 0.3) is 10.9 Å². The van der Waals surface area contributed by atoms with Crippen LogP contribution in [0.3, 0.4) is 0 Å². The van der Waals surface area contributed by atoms with Crippen LogP contribution in [0.2, 0.25) is 0 Å². The number of fused-ring (bicyclic) bond motifs is 1. The Morgan fingerprint density at radius 2 is 2.19 bits per heavy atom. The van der Waals surface area contributed by atoms with E-state index in [1.54, 1.807) is 7.11 Å². The minimum Gasteiger partial charge on any atom is -0.497 e. The number of hydrogen-bond acceptors (Lipinski definition) is 1. The monoisotopic (exact) mass is 209 g/mol. The lowest BCUT2D eigenvalue weighted by atomic mass is 10.1. The van der Waals surface area contributed by atoms with Gasteiger partial charge in [0.25, 0.3) is 0 Å². The molecule has 0 saturated heterocycles. The molecule has 0 amide bonds. The number of aromatic nitrogens is 1. The Kier molecular flexibility index (Phi) is 2.58. The largest absolute Gasteiger partial charge is 0.497 e. The number of hydrogen-bond donors (Lipinski definition) is 0. The van der Waals surface area contributed by atoms with E-state index in [1.807, 2.05) is 29.0 Å². The molecule has 0 atom stereocenters. The topological polar surface area (TPSA) is 14.2 Å². The Morgan fingerprint density at radius 3 is 2.81 bits per heavy atom. The Bertz CT molecular complexity index is 608. The molecule has 0 bridgehead atoms. The summed E-state index contributed by atoms with van der Waals surface area (Å²) in [6.45, 7) is 0.518. The molecule has 16 heavy (non-hydrogen) atoms. The number of nitrogens with zero attached hydrogens (tertiary/aromatic N) is 1. The third-order valence-corrected chi connectivity index (χ3v) is 2.49. The first kappa shape index (κ1) is 10.2. The van der Waals surface area contributed by atoms with Gasteiger partial charge in [-0.2, -0.15) is 0 Å². The molecule has 0 unspecified atom stereocenters. The second-order valence-electron chi connectivity index (χ2n) is 3.40. The van der Waals surface area contributed by atoms with Gasteiger partial charge < -0.3 is 9.30 Å². The van der Waals surface area contributed by atoms with Crippen molar-refractivity contribution in [3.8, 4) is 30.4 Å². The van der Waals surface area contributed by atoms with Crippen molar-refractivity contribution in [1.82, 2.24) is 4.57 Å². The second kappa shape index (κ2) is 4.04. The molecular formula is C14H11NO. The quantitative estimate of drug-likeness (QED) is 0.692. The van der Waals surface area contributed by atoms with Crippen molar-refractivity contribution in [2.45, 2.75) is 6.54 Å². The molecule has 0 spiro atoms. The fraction of sp³-hybridized carbons (Fsp3) is 0.143. The van der Waals surface area contributed by atoms with E-state index in [1.165, 1.54) is 0 Å².